The first-order valence-electron chi connectivity index (χ1n) is 23.5. The van der Waals surface area contributed by atoms with Crippen LogP contribution < -0.4 is 24.8 Å². The van der Waals surface area contributed by atoms with Crippen LogP contribution in [0, 0.1) is 17.2 Å². The number of nitrogens with one attached hydrogen (secondary N) is 3. The fourth-order valence-electron chi connectivity index (χ4n) is 9.72. The van der Waals surface area contributed by atoms with Crippen molar-refractivity contribution < 1.29 is 41.8 Å². The topological polar surface area (TPSA) is 188 Å². The summed E-state index contributed by atoms with van der Waals surface area (Å²) in [4.78, 5) is 57.0. The fourth-order valence-corrected chi connectivity index (χ4v) is 10.7. The molecule has 3 aliphatic heterocycles. The number of nitrogens with zero attached hydrogens (tertiary/aromatic N) is 3. The maximum Gasteiger partial charge on any atom is 0.254 e. The number of methoxy groups -OCH3 is 1. The van der Waals surface area contributed by atoms with E-state index in [9.17, 15) is 27.6 Å². The molecule has 68 heavy (non-hydrogen) atoms. The molecular formula is C52H64N6O9S. The summed E-state index contributed by atoms with van der Waals surface area (Å²) in [5.41, 5.74) is 4.75. The Kier molecular flexibility index (Phi) is 16.4. The van der Waals surface area contributed by atoms with Crippen LogP contribution in [0.2, 0.25) is 0 Å². The fraction of sp³-hybridized carbons (Fsp3) is 0.442. The van der Waals surface area contributed by atoms with Crippen molar-refractivity contribution in [2.45, 2.75) is 64.0 Å². The summed E-state index contributed by atoms with van der Waals surface area (Å²) < 4.78 is 42.7. The van der Waals surface area contributed by atoms with E-state index in [0.29, 0.717) is 65.0 Å². The maximum atomic E-state index is 14.2. The van der Waals surface area contributed by atoms with Crippen molar-refractivity contribution in [3.8, 4) is 23.0 Å². The quantitative estimate of drug-likeness (QED) is 0.0492. The SMILES string of the molecule is CCOc1cc(C(CS(C)(=O)=O)N(C)C(=O)c2cc(C3CCN(CC4CCN(Cc5ccc(Oc6ccc(C(=N)C7CCC(=O)NC7=O)c(NC)c6)cc5)CC4)CC3)ccc2C=O)ccc1OC. The van der Waals surface area contributed by atoms with Gasteiger partial charge in [0, 0.05) is 62.7 Å². The van der Waals surface area contributed by atoms with Gasteiger partial charge < -0.3 is 34.7 Å². The Morgan fingerprint density at radius 3 is 2.25 bits per heavy atom. The van der Waals surface area contributed by atoms with Gasteiger partial charge in [-0.25, -0.2) is 8.42 Å². The smallest absolute Gasteiger partial charge is 0.254 e. The van der Waals surface area contributed by atoms with Crippen molar-refractivity contribution >= 4 is 45.2 Å². The molecule has 0 bridgehead atoms. The highest BCUT2D eigenvalue weighted by molar-refractivity contribution is 7.90. The lowest BCUT2D eigenvalue weighted by Gasteiger charge is -2.38. The van der Waals surface area contributed by atoms with Gasteiger partial charge in [-0.05, 0) is 136 Å². The van der Waals surface area contributed by atoms with Crippen LogP contribution in [0.5, 0.6) is 23.0 Å². The Bertz CT molecular complexity index is 2590. The van der Waals surface area contributed by atoms with Gasteiger partial charge in [-0.15, -0.1) is 0 Å². The summed E-state index contributed by atoms with van der Waals surface area (Å²) in [5.74, 6) is 0.937. The Labute approximate surface area is 399 Å². The normalized spacial score (nSPS) is 18.0. The average molecular weight is 949 g/mol. The lowest BCUT2D eigenvalue weighted by molar-refractivity contribution is -0.134. The molecular weight excluding hydrogens is 885 g/mol. The van der Waals surface area contributed by atoms with Crippen LogP contribution in [0.15, 0.2) is 78.9 Å². The van der Waals surface area contributed by atoms with Crippen molar-refractivity contribution in [1.29, 1.82) is 5.41 Å². The molecule has 362 valence electrons. The number of sulfone groups is 1. The van der Waals surface area contributed by atoms with E-state index in [4.69, 9.17) is 19.6 Å². The second kappa shape index (κ2) is 22.3. The predicted molar refractivity (Wildman–Crippen MR) is 262 cm³/mol. The number of amides is 3. The van der Waals surface area contributed by atoms with Crippen molar-refractivity contribution in [2.24, 2.45) is 11.8 Å². The first-order chi connectivity index (χ1) is 32.7. The number of rotatable bonds is 19. The van der Waals surface area contributed by atoms with Gasteiger partial charge in [0.2, 0.25) is 11.8 Å². The molecule has 0 aromatic heterocycles. The molecule has 3 amide bonds. The zero-order valence-electron chi connectivity index (χ0n) is 39.7. The molecule has 7 rings (SSSR count). The maximum absolute atomic E-state index is 14.2. The van der Waals surface area contributed by atoms with Gasteiger partial charge in [0.25, 0.3) is 5.91 Å². The third-order valence-corrected chi connectivity index (χ3v) is 14.5. The predicted octanol–water partition coefficient (Wildman–Crippen LogP) is 7.11. The molecule has 3 saturated heterocycles. The number of anilines is 1. The number of hydrogen-bond donors (Lipinski definition) is 3. The van der Waals surface area contributed by atoms with E-state index in [1.54, 1.807) is 50.5 Å². The zero-order valence-corrected chi connectivity index (χ0v) is 40.5. The number of piperidine rings is 3. The molecule has 16 heteroatoms. The molecule has 4 aromatic rings. The number of ether oxygens (including phenoxy) is 3. The molecule has 4 aromatic carbocycles. The average Bonchev–Trinajstić information content (AvgIpc) is 3.33. The molecule has 0 radical (unpaired) electrons. The van der Waals surface area contributed by atoms with Crippen LogP contribution in [0.4, 0.5) is 5.69 Å². The first-order valence-corrected chi connectivity index (χ1v) is 25.5. The monoisotopic (exact) mass is 948 g/mol. The Hall–Kier alpha value is -6.10. The number of benzene rings is 4. The van der Waals surface area contributed by atoms with Gasteiger partial charge in [-0.1, -0.05) is 30.3 Å². The molecule has 0 spiro atoms. The van der Waals surface area contributed by atoms with Gasteiger partial charge in [-0.2, -0.15) is 0 Å². The van der Waals surface area contributed by atoms with E-state index in [-0.39, 0.29) is 40.8 Å². The number of aldehydes is 1. The lowest BCUT2D eigenvalue weighted by atomic mass is 9.86. The standard InChI is InChI=1S/C52H64N6O9S/c1-6-66-48-28-38(11-17-47(48)65-4)46(33-68(5,63)64)56(3)52(62)44-27-37(9-10-39(44)32-59)36-21-25-58(26-22-36)31-35-19-23-57(24-20-35)30-34-7-12-40(13-8-34)67-41-14-15-42(45(29-41)54-2)50(53)43-16-18-49(60)55-51(43)61/h7-15,17,27-29,32,35-36,43,46,53-54H,6,16,18-26,30-31,33H2,1-5H3,(H,55,60,61). The van der Waals surface area contributed by atoms with Crippen molar-refractivity contribution in [3.05, 3.63) is 112 Å². The highest BCUT2D eigenvalue weighted by Crippen LogP contribution is 2.36. The summed E-state index contributed by atoms with van der Waals surface area (Å²) >= 11 is 0. The second-order valence-electron chi connectivity index (χ2n) is 18.2. The van der Waals surface area contributed by atoms with E-state index in [0.717, 1.165) is 76.8 Å². The molecule has 2 atom stereocenters. The highest BCUT2D eigenvalue weighted by Gasteiger charge is 2.33. The highest BCUT2D eigenvalue weighted by atomic mass is 32.2. The van der Waals surface area contributed by atoms with Crippen LogP contribution in [0.1, 0.15) is 100 Å². The van der Waals surface area contributed by atoms with Gasteiger partial charge in [0.15, 0.2) is 17.8 Å². The van der Waals surface area contributed by atoms with Crippen molar-refractivity contribution in [3.63, 3.8) is 0 Å². The van der Waals surface area contributed by atoms with Gasteiger partial charge in [0.05, 0.1) is 42.7 Å². The Morgan fingerprint density at radius 1 is 0.897 bits per heavy atom. The van der Waals surface area contributed by atoms with Crippen LogP contribution in [-0.4, -0.2) is 125 Å². The van der Waals surface area contributed by atoms with Crippen molar-refractivity contribution in [1.82, 2.24) is 20.0 Å². The minimum atomic E-state index is -3.53. The Balaban J connectivity index is 0.888. The van der Waals surface area contributed by atoms with Crippen LogP contribution in [-0.2, 0) is 26.0 Å². The molecule has 3 fully saturated rings. The minimum Gasteiger partial charge on any atom is -0.493 e. The number of carbonyl (C=O) groups excluding carboxylic acids is 4. The summed E-state index contributed by atoms with van der Waals surface area (Å²) in [6, 6.07) is 23.3. The first kappa shape index (κ1) is 49.8. The molecule has 0 saturated carbocycles. The molecule has 0 aliphatic carbocycles. The Morgan fingerprint density at radius 2 is 1.60 bits per heavy atom. The third-order valence-electron chi connectivity index (χ3n) is 13.5. The second-order valence-corrected chi connectivity index (χ2v) is 20.4. The molecule has 3 aliphatic rings. The number of hydrogen-bond acceptors (Lipinski definition) is 13. The van der Waals surface area contributed by atoms with E-state index in [2.05, 4.69) is 32.6 Å². The van der Waals surface area contributed by atoms with E-state index < -0.39 is 33.6 Å². The summed E-state index contributed by atoms with van der Waals surface area (Å²) in [6.45, 7) is 8.07. The van der Waals surface area contributed by atoms with Gasteiger partial charge >= 0.3 is 0 Å². The minimum absolute atomic E-state index is 0.168. The summed E-state index contributed by atoms with van der Waals surface area (Å²) in [7, 11) is 1.34. The largest absolute Gasteiger partial charge is 0.493 e. The van der Waals surface area contributed by atoms with Crippen LogP contribution in [0.25, 0.3) is 0 Å². The van der Waals surface area contributed by atoms with Gasteiger partial charge in [-0.3, -0.25) is 29.4 Å². The van der Waals surface area contributed by atoms with Crippen LogP contribution >= 0.6 is 0 Å². The molecule has 3 heterocycles. The van der Waals surface area contributed by atoms with E-state index >= 15 is 0 Å². The number of imide groups is 1. The lowest BCUT2D eigenvalue weighted by Crippen LogP contribution is -2.44. The molecule has 15 nitrogen and oxygen atoms in total. The molecule has 3 N–H and O–H groups in total. The zero-order chi connectivity index (χ0) is 48.5. The summed E-state index contributed by atoms with van der Waals surface area (Å²) in [5, 5.41) is 14.1. The number of carbonyl (C=O) groups is 4. The third kappa shape index (κ3) is 12.3. The van der Waals surface area contributed by atoms with E-state index in [1.807, 2.05) is 37.3 Å². The summed E-state index contributed by atoms with van der Waals surface area (Å²) in [6.07, 6.45) is 6.48. The van der Waals surface area contributed by atoms with Crippen LogP contribution in [0.3, 0.4) is 0 Å². The van der Waals surface area contributed by atoms with Gasteiger partial charge in [0.1, 0.15) is 21.3 Å². The molecule has 2 unspecified atom stereocenters. The number of likely N-dealkylation sites (tertiary alicyclic amines) is 2. The van der Waals surface area contributed by atoms with E-state index in [1.165, 1.54) is 17.6 Å². The van der Waals surface area contributed by atoms with Crippen molar-refractivity contribution in [2.75, 3.05) is 77.9 Å².